The van der Waals surface area contributed by atoms with Crippen molar-refractivity contribution in [2.75, 3.05) is 52.0 Å². The molecular formula is C41H98O5SSi. The largest absolute Gasteiger partial charge is 0.501 e. The molecule has 0 amide bonds. The third-order valence-corrected chi connectivity index (χ3v) is 11.2. The van der Waals surface area contributed by atoms with Crippen molar-refractivity contribution in [3.63, 3.8) is 0 Å². The molecule has 7 heteroatoms. The van der Waals surface area contributed by atoms with Crippen LogP contribution in [0.2, 0.25) is 6.04 Å². The third kappa shape index (κ3) is 46.4. The van der Waals surface area contributed by atoms with Crippen molar-refractivity contribution in [2.24, 2.45) is 0 Å². The Morgan fingerprint density at radius 1 is 0.354 bits per heavy atom. The summed E-state index contributed by atoms with van der Waals surface area (Å²) in [5, 5.41) is 0. The van der Waals surface area contributed by atoms with E-state index < -0.39 is 8.80 Å². The first kappa shape index (κ1) is 63.4. The number of ether oxygens (including phenoxy) is 2. The quantitative estimate of drug-likeness (QED) is 0.0392. The summed E-state index contributed by atoms with van der Waals surface area (Å²) in [5.74, 6) is 0.805. The Morgan fingerprint density at radius 3 is 0.958 bits per heavy atom. The molecule has 0 atom stereocenters. The van der Waals surface area contributed by atoms with E-state index in [9.17, 15) is 0 Å². The fourth-order valence-corrected chi connectivity index (χ4v) is 8.29. The van der Waals surface area contributed by atoms with E-state index in [1.54, 1.807) is 0 Å². The number of hydrogen-bond acceptors (Lipinski definition) is 6. The highest BCUT2D eigenvalue weighted by atomic mass is 32.1. The lowest BCUT2D eigenvalue weighted by Crippen LogP contribution is -2.47. The fraction of sp³-hybridized carbons (Fsp3) is 1.00. The minimum absolute atomic E-state index is 0. The van der Waals surface area contributed by atoms with Crippen molar-refractivity contribution in [1.82, 2.24) is 0 Å². The van der Waals surface area contributed by atoms with E-state index in [4.69, 9.17) is 22.8 Å². The van der Waals surface area contributed by atoms with Crippen molar-refractivity contribution in [1.29, 1.82) is 0 Å². The molecule has 0 unspecified atom stereocenters. The monoisotopic (exact) mass is 731 g/mol. The molecule has 0 aliphatic carbocycles. The van der Waals surface area contributed by atoms with E-state index in [2.05, 4.69) is 26.5 Å². The number of rotatable bonds is 37. The van der Waals surface area contributed by atoms with Gasteiger partial charge in [0, 0.05) is 25.9 Å². The molecule has 0 aromatic heterocycles. The second-order valence-electron chi connectivity index (χ2n) is 11.9. The van der Waals surface area contributed by atoms with Crippen LogP contribution in [0, 0.1) is 0 Å². The molecule has 0 saturated carbocycles. The SMILES string of the molecule is C.C.C.C.C.C.CCCCCCCCCCCCCOCCO[Si](CCCS)(OCC)OCCOCCCCCCCCCCCCC. The molecule has 0 radical (unpaired) electrons. The van der Waals surface area contributed by atoms with Gasteiger partial charge >= 0.3 is 8.80 Å². The lowest BCUT2D eigenvalue weighted by molar-refractivity contribution is 0.0139. The van der Waals surface area contributed by atoms with Crippen LogP contribution in [0.25, 0.3) is 0 Å². The molecule has 0 spiro atoms. The summed E-state index contributed by atoms with van der Waals surface area (Å²) in [6.45, 7) is 11.0. The van der Waals surface area contributed by atoms with Crippen LogP contribution in [0.5, 0.6) is 0 Å². The van der Waals surface area contributed by atoms with Gasteiger partial charge in [-0.25, -0.2) is 0 Å². The summed E-state index contributed by atoms with van der Waals surface area (Å²) < 4.78 is 30.4. The Bertz CT molecular complexity index is 467. The zero-order valence-corrected chi connectivity index (χ0v) is 30.5. The summed E-state index contributed by atoms with van der Waals surface area (Å²) in [6, 6.07) is 0.793. The van der Waals surface area contributed by atoms with Crippen LogP contribution >= 0.6 is 12.6 Å². The average Bonchev–Trinajstić information content (AvgIpc) is 3.00. The molecule has 0 aliphatic heterocycles. The normalized spacial score (nSPS) is 10.5. The van der Waals surface area contributed by atoms with Gasteiger partial charge in [-0.2, -0.15) is 12.6 Å². The van der Waals surface area contributed by atoms with Gasteiger partial charge in [-0.05, 0) is 31.9 Å². The maximum absolute atomic E-state index is 6.28. The summed E-state index contributed by atoms with van der Waals surface area (Å²) in [5.41, 5.74) is 0. The molecule has 0 aliphatic rings. The highest BCUT2D eigenvalue weighted by molar-refractivity contribution is 7.80. The Hall–Kier alpha value is 0.367. The predicted octanol–water partition coefficient (Wildman–Crippen LogP) is 14.8. The molecule has 0 N–H and O–H groups in total. The second kappa shape index (κ2) is 54.1. The molecule has 0 saturated heterocycles. The van der Waals surface area contributed by atoms with Gasteiger partial charge in [-0.15, -0.1) is 0 Å². The van der Waals surface area contributed by atoms with Crippen molar-refractivity contribution in [3.8, 4) is 0 Å². The molecular weight excluding hydrogens is 633 g/mol. The van der Waals surface area contributed by atoms with Crippen molar-refractivity contribution < 1.29 is 22.8 Å². The van der Waals surface area contributed by atoms with Gasteiger partial charge in [0.25, 0.3) is 0 Å². The van der Waals surface area contributed by atoms with Crippen LogP contribution in [-0.4, -0.2) is 60.8 Å². The van der Waals surface area contributed by atoms with E-state index in [1.165, 1.54) is 128 Å². The minimum Gasteiger partial charge on any atom is -0.379 e. The van der Waals surface area contributed by atoms with E-state index >= 15 is 0 Å². The van der Waals surface area contributed by atoms with Crippen molar-refractivity contribution in [3.05, 3.63) is 0 Å². The third-order valence-electron chi connectivity index (χ3n) is 7.89. The topological polar surface area (TPSA) is 46.2 Å². The van der Waals surface area contributed by atoms with Crippen molar-refractivity contribution in [2.45, 2.75) is 219 Å². The minimum atomic E-state index is -2.74. The van der Waals surface area contributed by atoms with Gasteiger partial charge in [-0.3, -0.25) is 0 Å². The molecule has 0 bridgehead atoms. The highest BCUT2D eigenvalue weighted by Crippen LogP contribution is 2.19. The van der Waals surface area contributed by atoms with Crippen LogP contribution in [0.4, 0.5) is 0 Å². The summed E-state index contributed by atoms with van der Waals surface area (Å²) in [4.78, 5) is 0. The molecule has 0 aromatic rings. The number of hydrogen-bond donors (Lipinski definition) is 1. The van der Waals surface area contributed by atoms with Gasteiger partial charge < -0.3 is 22.8 Å². The van der Waals surface area contributed by atoms with Gasteiger partial charge in [-0.1, -0.05) is 187 Å². The van der Waals surface area contributed by atoms with Crippen LogP contribution in [0.15, 0.2) is 0 Å². The van der Waals surface area contributed by atoms with E-state index in [-0.39, 0.29) is 44.6 Å². The lowest BCUT2D eigenvalue weighted by atomic mass is 10.1. The van der Waals surface area contributed by atoms with E-state index in [0.717, 1.165) is 44.3 Å². The van der Waals surface area contributed by atoms with E-state index in [1.807, 2.05) is 6.92 Å². The smallest absolute Gasteiger partial charge is 0.379 e. The first-order valence-electron chi connectivity index (χ1n) is 18.4. The average molecular weight is 731 g/mol. The Labute approximate surface area is 314 Å². The molecule has 48 heavy (non-hydrogen) atoms. The maximum atomic E-state index is 6.28. The van der Waals surface area contributed by atoms with Crippen LogP contribution < -0.4 is 0 Å². The molecule has 0 aromatic carbocycles. The molecule has 5 nitrogen and oxygen atoms in total. The summed E-state index contributed by atoms with van der Waals surface area (Å²) >= 11 is 4.41. The van der Waals surface area contributed by atoms with Gasteiger partial charge in [0.05, 0.1) is 26.4 Å². The van der Waals surface area contributed by atoms with Gasteiger partial charge in [0.1, 0.15) is 0 Å². The van der Waals surface area contributed by atoms with Gasteiger partial charge in [0.2, 0.25) is 0 Å². The molecule has 302 valence electrons. The predicted molar refractivity (Wildman–Crippen MR) is 228 cm³/mol. The molecule has 0 heterocycles. The Kier molecular flexibility index (Phi) is 71.5. The van der Waals surface area contributed by atoms with Crippen molar-refractivity contribution >= 4 is 21.4 Å². The zero-order valence-electron chi connectivity index (χ0n) is 28.6. The van der Waals surface area contributed by atoms with Crippen LogP contribution in [0.1, 0.15) is 213 Å². The first-order valence-corrected chi connectivity index (χ1v) is 21.0. The second-order valence-corrected chi connectivity index (χ2v) is 15.1. The van der Waals surface area contributed by atoms with Crippen LogP contribution in [0.3, 0.4) is 0 Å². The lowest BCUT2D eigenvalue weighted by Gasteiger charge is -2.29. The molecule has 0 fully saturated rings. The standard InChI is InChI=1S/C35H74O5SSi.6CH4/c1-4-7-9-11-13-15-17-19-21-23-25-28-36-30-32-39-42(38-6-3,35-27-34-41)40-33-31-37-29-26-24-22-20-18-16-14-12-10-8-5-2;;;;;;/h41H,4-35H2,1-3H3;6*1H4. The first-order chi connectivity index (χ1) is 20.7. The summed E-state index contributed by atoms with van der Waals surface area (Å²) in [6.07, 6.45) is 30.7. The highest BCUT2D eigenvalue weighted by Gasteiger charge is 2.40. The Balaban J connectivity index is -0.000000560. The Morgan fingerprint density at radius 2 is 0.667 bits per heavy atom. The molecule has 0 rings (SSSR count). The van der Waals surface area contributed by atoms with Gasteiger partial charge in [0.15, 0.2) is 0 Å². The number of thiol groups is 1. The fourth-order valence-electron chi connectivity index (χ4n) is 5.31. The van der Waals surface area contributed by atoms with Crippen LogP contribution in [-0.2, 0) is 22.8 Å². The maximum Gasteiger partial charge on any atom is 0.501 e. The number of unbranched alkanes of at least 4 members (excludes halogenated alkanes) is 20. The summed E-state index contributed by atoms with van der Waals surface area (Å²) in [7, 11) is -2.74. The van der Waals surface area contributed by atoms with E-state index in [0.29, 0.717) is 33.0 Å². The zero-order chi connectivity index (χ0) is 30.7.